The van der Waals surface area contributed by atoms with E-state index >= 15 is 0 Å². The standard InChI is InChI=1S/C18H24N2O2S/c21-23(22,18-8-5-14-3-1-2-4-15(14)13-18)19-16-9-11-20(12-10-16)17-6-7-17/h1-4,13,16-17,19H,5-12H2. The summed E-state index contributed by atoms with van der Waals surface area (Å²) < 4.78 is 28.3. The third-order valence-electron chi connectivity index (χ3n) is 5.27. The first-order chi connectivity index (χ1) is 11.1. The van der Waals surface area contributed by atoms with Crippen LogP contribution < -0.4 is 4.72 Å². The summed E-state index contributed by atoms with van der Waals surface area (Å²) in [5.41, 5.74) is 2.28. The molecule has 1 aromatic rings. The lowest BCUT2D eigenvalue weighted by molar-refractivity contribution is 0.199. The van der Waals surface area contributed by atoms with Gasteiger partial charge in [0.05, 0.1) is 4.91 Å². The number of fused-ring (bicyclic) bond motifs is 1. The fourth-order valence-electron chi connectivity index (χ4n) is 3.74. The number of aryl methyl sites for hydroxylation is 1. The monoisotopic (exact) mass is 332 g/mol. The van der Waals surface area contributed by atoms with Gasteiger partial charge in [-0.15, -0.1) is 0 Å². The van der Waals surface area contributed by atoms with E-state index in [1.807, 2.05) is 24.3 Å². The van der Waals surface area contributed by atoms with Gasteiger partial charge in [-0.05, 0) is 68.8 Å². The lowest BCUT2D eigenvalue weighted by atomic mass is 9.98. The molecule has 0 radical (unpaired) electrons. The fraction of sp³-hybridized carbons (Fsp3) is 0.556. The second kappa shape index (κ2) is 6.04. The van der Waals surface area contributed by atoms with Crippen LogP contribution in [0.15, 0.2) is 29.2 Å². The van der Waals surface area contributed by atoms with Crippen molar-refractivity contribution < 1.29 is 8.42 Å². The Bertz CT molecular complexity index is 714. The van der Waals surface area contributed by atoms with Crippen molar-refractivity contribution in [2.75, 3.05) is 13.1 Å². The van der Waals surface area contributed by atoms with E-state index in [0.29, 0.717) is 11.3 Å². The van der Waals surface area contributed by atoms with Gasteiger partial charge in [0.2, 0.25) is 10.0 Å². The van der Waals surface area contributed by atoms with Gasteiger partial charge in [-0.25, -0.2) is 13.1 Å². The Morgan fingerprint density at radius 1 is 1.00 bits per heavy atom. The second-order valence-corrected chi connectivity index (χ2v) is 8.74. The number of allylic oxidation sites excluding steroid dienone is 1. The Kier molecular flexibility index (Phi) is 4.03. The van der Waals surface area contributed by atoms with E-state index in [1.54, 1.807) is 0 Å². The van der Waals surface area contributed by atoms with Gasteiger partial charge in [0.15, 0.2) is 0 Å². The zero-order chi connectivity index (χ0) is 15.9. The van der Waals surface area contributed by atoms with Gasteiger partial charge in [-0.1, -0.05) is 24.3 Å². The number of sulfonamides is 1. The summed E-state index contributed by atoms with van der Waals surface area (Å²) in [6.45, 7) is 2.06. The highest BCUT2D eigenvalue weighted by Gasteiger charge is 2.33. The molecular formula is C18H24N2O2S. The van der Waals surface area contributed by atoms with Crippen LogP contribution in [-0.2, 0) is 16.4 Å². The molecule has 0 spiro atoms. The molecule has 1 saturated heterocycles. The molecular weight excluding hydrogens is 308 g/mol. The number of benzene rings is 1. The van der Waals surface area contributed by atoms with Crippen LogP contribution in [0.5, 0.6) is 0 Å². The smallest absolute Gasteiger partial charge is 0.236 e. The Balaban J connectivity index is 1.43. The SMILES string of the molecule is O=S(=O)(NC1CCN(C2CC2)CC1)C1=Cc2ccccc2CC1. The predicted octanol–water partition coefficient (Wildman–Crippen LogP) is 2.52. The Morgan fingerprint density at radius 2 is 1.74 bits per heavy atom. The van der Waals surface area contributed by atoms with Crippen LogP contribution in [0, 0.1) is 0 Å². The number of nitrogens with zero attached hydrogens (tertiary/aromatic N) is 1. The van der Waals surface area contributed by atoms with Gasteiger partial charge in [-0.3, -0.25) is 0 Å². The minimum absolute atomic E-state index is 0.0908. The maximum absolute atomic E-state index is 12.7. The molecule has 0 atom stereocenters. The van der Waals surface area contributed by atoms with Crippen LogP contribution >= 0.6 is 0 Å². The van der Waals surface area contributed by atoms with Crippen molar-refractivity contribution in [2.45, 2.75) is 50.6 Å². The van der Waals surface area contributed by atoms with Gasteiger partial charge in [-0.2, -0.15) is 0 Å². The summed E-state index contributed by atoms with van der Waals surface area (Å²) >= 11 is 0. The predicted molar refractivity (Wildman–Crippen MR) is 92.4 cm³/mol. The van der Waals surface area contributed by atoms with Crippen molar-refractivity contribution >= 4 is 16.1 Å². The summed E-state index contributed by atoms with van der Waals surface area (Å²) in [5.74, 6) is 0. The third-order valence-corrected chi connectivity index (χ3v) is 6.93. The van der Waals surface area contributed by atoms with Crippen molar-refractivity contribution in [1.82, 2.24) is 9.62 Å². The number of nitrogens with one attached hydrogen (secondary N) is 1. The van der Waals surface area contributed by atoms with E-state index in [0.717, 1.165) is 44.0 Å². The number of hydrogen-bond donors (Lipinski definition) is 1. The Labute approximate surface area is 138 Å². The molecule has 1 aromatic carbocycles. The van der Waals surface area contributed by atoms with Crippen LogP contribution in [0.2, 0.25) is 0 Å². The number of rotatable bonds is 4. The van der Waals surface area contributed by atoms with Crippen molar-refractivity contribution in [3.8, 4) is 0 Å². The van der Waals surface area contributed by atoms with Gasteiger partial charge in [0.1, 0.15) is 0 Å². The van der Waals surface area contributed by atoms with Crippen LogP contribution in [0.25, 0.3) is 6.08 Å². The van der Waals surface area contributed by atoms with E-state index in [2.05, 4.69) is 15.7 Å². The summed E-state index contributed by atoms with van der Waals surface area (Å²) in [7, 11) is -3.36. The molecule has 2 aliphatic carbocycles. The molecule has 0 amide bonds. The first kappa shape index (κ1) is 15.4. The minimum Gasteiger partial charge on any atom is -0.300 e. The first-order valence-corrected chi connectivity index (χ1v) is 10.1. The van der Waals surface area contributed by atoms with Crippen molar-refractivity contribution in [1.29, 1.82) is 0 Å². The summed E-state index contributed by atoms with van der Waals surface area (Å²) in [6.07, 6.45) is 7.77. The average Bonchev–Trinajstić information content (AvgIpc) is 3.40. The van der Waals surface area contributed by atoms with E-state index in [1.165, 1.54) is 18.4 Å². The van der Waals surface area contributed by atoms with Gasteiger partial charge >= 0.3 is 0 Å². The highest BCUT2D eigenvalue weighted by Crippen LogP contribution is 2.30. The molecule has 4 nitrogen and oxygen atoms in total. The molecule has 1 aliphatic heterocycles. The second-order valence-electron chi connectivity index (χ2n) is 6.97. The Hall–Kier alpha value is -1.17. The summed E-state index contributed by atoms with van der Waals surface area (Å²) in [6, 6.07) is 8.93. The average molecular weight is 332 g/mol. The first-order valence-electron chi connectivity index (χ1n) is 8.67. The van der Waals surface area contributed by atoms with E-state index in [-0.39, 0.29) is 6.04 Å². The molecule has 2 fully saturated rings. The number of hydrogen-bond acceptors (Lipinski definition) is 3. The molecule has 0 aromatic heterocycles. The molecule has 1 heterocycles. The lowest BCUT2D eigenvalue weighted by Gasteiger charge is -2.32. The highest BCUT2D eigenvalue weighted by molar-refractivity contribution is 7.93. The topological polar surface area (TPSA) is 49.4 Å². The van der Waals surface area contributed by atoms with E-state index in [9.17, 15) is 8.42 Å². The molecule has 0 unspecified atom stereocenters. The fourth-order valence-corrected chi connectivity index (χ4v) is 5.21. The normalized spacial score (nSPS) is 23.4. The summed E-state index contributed by atoms with van der Waals surface area (Å²) in [5, 5.41) is 0. The molecule has 1 N–H and O–H groups in total. The van der Waals surface area contributed by atoms with Crippen LogP contribution in [0.3, 0.4) is 0 Å². The molecule has 0 bridgehead atoms. The molecule has 124 valence electrons. The maximum atomic E-state index is 12.7. The van der Waals surface area contributed by atoms with Gasteiger partial charge in [0.25, 0.3) is 0 Å². The molecule has 1 saturated carbocycles. The zero-order valence-electron chi connectivity index (χ0n) is 13.4. The third kappa shape index (κ3) is 3.37. The van der Waals surface area contributed by atoms with Gasteiger partial charge in [0, 0.05) is 12.1 Å². The van der Waals surface area contributed by atoms with Crippen molar-refractivity contribution in [3.63, 3.8) is 0 Å². The van der Waals surface area contributed by atoms with Gasteiger partial charge < -0.3 is 4.90 Å². The van der Waals surface area contributed by atoms with Crippen molar-refractivity contribution in [2.24, 2.45) is 0 Å². The number of likely N-dealkylation sites (tertiary alicyclic amines) is 1. The zero-order valence-corrected chi connectivity index (χ0v) is 14.2. The van der Waals surface area contributed by atoms with E-state index in [4.69, 9.17) is 0 Å². The van der Waals surface area contributed by atoms with Crippen LogP contribution in [0.1, 0.15) is 43.2 Å². The maximum Gasteiger partial charge on any atom is 0.236 e. The highest BCUT2D eigenvalue weighted by atomic mass is 32.2. The summed E-state index contributed by atoms with van der Waals surface area (Å²) in [4.78, 5) is 3.06. The Morgan fingerprint density at radius 3 is 2.48 bits per heavy atom. The van der Waals surface area contributed by atoms with E-state index < -0.39 is 10.0 Å². The molecule has 3 aliphatic rings. The minimum atomic E-state index is -3.36. The lowest BCUT2D eigenvalue weighted by Crippen LogP contribution is -2.45. The van der Waals surface area contributed by atoms with Crippen LogP contribution in [-0.4, -0.2) is 38.5 Å². The molecule has 5 heteroatoms. The largest absolute Gasteiger partial charge is 0.300 e. The molecule has 4 rings (SSSR count). The van der Waals surface area contributed by atoms with Crippen LogP contribution in [0.4, 0.5) is 0 Å². The number of piperidine rings is 1. The quantitative estimate of drug-likeness (QED) is 0.922. The van der Waals surface area contributed by atoms with Crippen molar-refractivity contribution in [3.05, 3.63) is 40.3 Å². The molecule has 23 heavy (non-hydrogen) atoms.